The minimum Gasteiger partial charge on any atom is -0.384 e. The van der Waals surface area contributed by atoms with Gasteiger partial charge in [-0.2, -0.15) is 0 Å². The molecule has 0 fully saturated rings. The summed E-state index contributed by atoms with van der Waals surface area (Å²) in [7, 11) is 4.00. The predicted octanol–water partition coefficient (Wildman–Crippen LogP) is 4.59. The molecule has 148 valence electrons. The fraction of sp³-hybridized carbons (Fsp3) is 0.429. The van der Waals surface area contributed by atoms with Crippen molar-refractivity contribution >= 4 is 35.5 Å². The van der Waals surface area contributed by atoms with E-state index < -0.39 is 0 Å². The highest BCUT2D eigenvalue weighted by Gasteiger charge is 2.04. The zero-order valence-corrected chi connectivity index (χ0v) is 17.3. The first-order valence-electron chi connectivity index (χ1n) is 9.24. The van der Waals surface area contributed by atoms with Crippen LogP contribution in [0.1, 0.15) is 43.4 Å². The second-order valence-electron chi connectivity index (χ2n) is 6.96. The summed E-state index contributed by atoms with van der Waals surface area (Å²) in [5, 5.41) is 2.96. The fourth-order valence-corrected chi connectivity index (χ4v) is 2.91. The lowest BCUT2D eigenvalue weighted by Gasteiger charge is -2.13. The zero-order chi connectivity index (χ0) is 18.9. The number of unbranched alkanes of at least 4 members (excludes halogenated alkanes) is 3. The Morgan fingerprint density at radius 1 is 1.07 bits per heavy atom. The van der Waals surface area contributed by atoms with E-state index in [2.05, 4.69) is 16.4 Å². The number of anilines is 3. The van der Waals surface area contributed by atoms with E-state index in [1.807, 2.05) is 56.3 Å². The van der Waals surface area contributed by atoms with Gasteiger partial charge in [-0.1, -0.05) is 12.8 Å². The molecule has 0 radical (unpaired) electrons. The second kappa shape index (κ2) is 11.4. The number of hydrogen-bond acceptors (Lipinski definition) is 4. The van der Waals surface area contributed by atoms with Crippen molar-refractivity contribution in [2.45, 2.75) is 45.4 Å². The topological polar surface area (TPSA) is 71.2 Å². The van der Waals surface area contributed by atoms with Crippen molar-refractivity contribution in [2.75, 3.05) is 30.0 Å². The lowest BCUT2D eigenvalue weighted by atomic mass is 10.1. The van der Waals surface area contributed by atoms with Gasteiger partial charge in [0.05, 0.1) is 0 Å². The Kier molecular flexibility index (Phi) is 9.65. The molecular formula is C21H31ClN4O. The molecule has 0 spiro atoms. The number of pyridine rings is 1. The molecule has 3 N–H and O–H groups in total. The Bertz CT molecular complexity index is 696. The molecule has 1 heterocycles. The molecule has 1 aromatic heterocycles. The van der Waals surface area contributed by atoms with Gasteiger partial charge in [0.15, 0.2) is 0 Å². The lowest BCUT2D eigenvalue weighted by Crippen LogP contribution is -2.12. The summed E-state index contributed by atoms with van der Waals surface area (Å²) in [6, 6.07) is 11.9. The Morgan fingerprint density at radius 3 is 2.37 bits per heavy atom. The average Bonchev–Trinajstić information content (AvgIpc) is 2.57. The van der Waals surface area contributed by atoms with E-state index in [9.17, 15) is 4.79 Å². The number of aromatic nitrogens is 1. The van der Waals surface area contributed by atoms with Gasteiger partial charge in [-0.05, 0) is 68.1 Å². The number of aryl methyl sites for hydroxylation is 2. The van der Waals surface area contributed by atoms with Crippen molar-refractivity contribution in [1.29, 1.82) is 0 Å². The minimum atomic E-state index is 0. The van der Waals surface area contributed by atoms with Crippen LogP contribution in [-0.2, 0) is 11.2 Å². The number of amides is 1. The van der Waals surface area contributed by atoms with Gasteiger partial charge in [-0.25, -0.2) is 4.98 Å². The number of nitrogens with zero attached hydrogens (tertiary/aromatic N) is 2. The molecule has 2 rings (SSSR count). The van der Waals surface area contributed by atoms with Gasteiger partial charge in [0.2, 0.25) is 5.91 Å². The van der Waals surface area contributed by atoms with Gasteiger partial charge in [0, 0.05) is 37.6 Å². The summed E-state index contributed by atoms with van der Waals surface area (Å²) in [5.41, 5.74) is 9.95. The first-order chi connectivity index (χ1) is 12.4. The zero-order valence-electron chi connectivity index (χ0n) is 16.5. The van der Waals surface area contributed by atoms with Crippen LogP contribution in [0.25, 0.3) is 0 Å². The van der Waals surface area contributed by atoms with Crippen molar-refractivity contribution in [2.24, 2.45) is 0 Å². The Hall–Kier alpha value is -2.27. The van der Waals surface area contributed by atoms with Crippen LogP contribution >= 0.6 is 12.4 Å². The number of nitrogen functional groups attached to an aromatic ring is 1. The highest BCUT2D eigenvalue weighted by atomic mass is 35.5. The Labute approximate surface area is 168 Å². The normalized spacial score (nSPS) is 10.2. The summed E-state index contributed by atoms with van der Waals surface area (Å²) in [5.74, 6) is 0.672. The van der Waals surface area contributed by atoms with Crippen LogP contribution in [0.5, 0.6) is 0 Å². The predicted molar refractivity (Wildman–Crippen MR) is 117 cm³/mol. The van der Waals surface area contributed by atoms with Gasteiger partial charge in [-0.15, -0.1) is 12.4 Å². The molecular weight excluding hydrogens is 360 g/mol. The number of nitrogens with one attached hydrogen (secondary N) is 1. The molecule has 2 aromatic rings. The summed E-state index contributed by atoms with van der Waals surface area (Å²) in [6.07, 6.45) is 5.63. The average molecular weight is 391 g/mol. The standard InChI is InChI=1S/C21H30N4O.ClH/c1-16-14-18(23-20(22)15-16)8-6-4-5-7-9-21(26)24-17-10-12-19(13-11-17)25(2)3;/h10-15H,4-9H2,1-3H3,(H2,22,23)(H,24,26);1H. The maximum absolute atomic E-state index is 12.0. The molecule has 1 aromatic carbocycles. The summed E-state index contributed by atoms with van der Waals surface area (Å²) >= 11 is 0. The number of carbonyl (C=O) groups excluding carboxylic acids is 1. The summed E-state index contributed by atoms with van der Waals surface area (Å²) < 4.78 is 0. The molecule has 0 atom stereocenters. The molecule has 0 saturated carbocycles. The molecule has 6 heteroatoms. The van der Waals surface area contributed by atoms with E-state index in [4.69, 9.17) is 5.73 Å². The molecule has 27 heavy (non-hydrogen) atoms. The van der Waals surface area contributed by atoms with Crippen molar-refractivity contribution in [3.8, 4) is 0 Å². The van der Waals surface area contributed by atoms with Crippen LogP contribution in [0.15, 0.2) is 36.4 Å². The monoisotopic (exact) mass is 390 g/mol. The molecule has 0 aliphatic rings. The number of rotatable bonds is 9. The van der Waals surface area contributed by atoms with Crippen molar-refractivity contribution in [1.82, 2.24) is 4.98 Å². The number of carbonyl (C=O) groups is 1. The minimum absolute atomic E-state index is 0. The van der Waals surface area contributed by atoms with Gasteiger partial charge >= 0.3 is 0 Å². The van der Waals surface area contributed by atoms with E-state index in [0.29, 0.717) is 12.2 Å². The van der Waals surface area contributed by atoms with E-state index >= 15 is 0 Å². The first kappa shape index (κ1) is 22.8. The third-order valence-electron chi connectivity index (χ3n) is 4.30. The van der Waals surface area contributed by atoms with Crippen LogP contribution in [0, 0.1) is 6.92 Å². The number of halogens is 1. The van der Waals surface area contributed by atoms with E-state index in [-0.39, 0.29) is 18.3 Å². The van der Waals surface area contributed by atoms with Crippen LogP contribution < -0.4 is 16.0 Å². The SMILES string of the molecule is Cc1cc(N)nc(CCCCCCC(=O)Nc2ccc(N(C)C)cc2)c1.Cl. The van der Waals surface area contributed by atoms with Crippen LogP contribution in [0.3, 0.4) is 0 Å². The van der Waals surface area contributed by atoms with Crippen molar-refractivity contribution in [3.63, 3.8) is 0 Å². The molecule has 0 aliphatic heterocycles. The molecule has 1 amide bonds. The molecule has 5 nitrogen and oxygen atoms in total. The van der Waals surface area contributed by atoms with Gasteiger partial charge in [0.25, 0.3) is 0 Å². The molecule has 0 saturated heterocycles. The van der Waals surface area contributed by atoms with E-state index in [0.717, 1.165) is 54.7 Å². The van der Waals surface area contributed by atoms with Crippen molar-refractivity contribution in [3.05, 3.63) is 47.7 Å². The van der Waals surface area contributed by atoms with Gasteiger partial charge in [0.1, 0.15) is 5.82 Å². The highest BCUT2D eigenvalue weighted by molar-refractivity contribution is 5.90. The summed E-state index contributed by atoms with van der Waals surface area (Å²) in [6.45, 7) is 2.04. The maximum Gasteiger partial charge on any atom is 0.224 e. The van der Waals surface area contributed by atoms with Gasteiger partial charge in [-0.3, -0.25) is 4.79 Å². The number of nitrogens with two attached hydrogens (primary N) is 1. The molecule has 0 bridgehead atoms. The number of hydrogen-bond donors (Lipinski definition) is 2. The van der Waals surface area contributed by atoms with E-state index in [1.54, 1.807) is 0 Å². The second-order valence-corrected chi connectivity index (χ2v) is 6.96. The fourth-order valence-electron chi connectivity index (χ4n) is 2.91. The Morgan fingerprint density at radius 2 is 1.74 bits per heavy atom. The smallest absolute Gasteiger partial charge is 0.224 e. The molecule has 0 aliphatic carbocycles. The highest BCUT2D eigenvalue weighted by Crippen LogP contribution is 2.16. The van der Waals surface area contributed by atoms with Gasteiger partial charge < -0.3 is 16.0 Å². The quantitative estimate of drug-likeness (QED) is 0.614. The third-order valence-corrected chi connectivity index (χ3v) is 4.30. The van der Waals surface area contributed by atoms with Crippen molar-refractivity contribution < 1.29 is 4.79 Å². The van der Waals surface area contributed by atoms with Crippen LogP contribution in [-0.4, -0.2) is 25.0 Å². The molecule has 0 unspecified atom stereocenters. The van der Waals surface area contributed by atoms with Crippen LogP contribution in [0.4, 0.5) is 17.2 Å². The summed E-state index contributed by atoms with van der Waals surface area (Å²) in [4.78, 5) is 18.4. The number of benzene rings is 1. The Balaban J connectivity index is 0.00000364. The lowest BCUT2D eigenvalue weighted by molar-refractivity contribution is -0.116. The first-order valence-corrected chi connectivity index (χ1v) is 9.24. The van der Waals surface area contributed by atoms with Crippen LogP contribution in [0.2, 0.25) is 0 Å². The van der Waals surface area contributed by atoms with E-state index in [1.165, 1.54) is 0 Å². The largest absolute Gasteiger partial charge is 0.384 e. The third kappa shape index (κ3) is 8.31. The maximum atomic E-state index is 12.0.